The van der Waals surface area contributed by atoms with Gasteiger partial charge in [-0.05, 0) is 112 Å². The van der Waals surface area contributed by atoms with Crippen LogP contribution in [0.4, 0.5) is 0 Å². The van der Waals surface area contributed by atoms with Crippen molar-refractivity contribution in [2.45, 2.75) is 77.6 Å². The fourth-order valence-corrected chi connectivity index (χ4v) is 4.96. The summed E-state index contributed by atoms with van der Waals surface area (Å²) in [4.78, 5) is 19.4. The Morgan fingerprint density at radius 3 is 1.07 bits per heavy atom. The van der Waals surface area contributed by atoms with Crippen molar-refractivity contribution in [3.63, 3.8) is 0 Å². The van der Waals surface area contributed by atoms with Gasteiger partial charge in [0.05, 0.1) is 0 Å². The quantitative estimate of drug-likeness (QED) is 0.354. The fourth-order valence-electron chi connectivity index (χ4n) is 4.96. The van der Waals surface area contributed by atoms with Crippen LogP contribution in [-0.4, -0.2) is 99.5 Å². The SMILES string of the molecule is CN1CCCC1=O.CN1CCCCC1.CN1CCCCC1.CN1CCCCC1.C[n+]1ccccc1.Cc1ccccc1. The van der Waals surface area contributed by atoms with Crippen LogP contribution in [0.15, 0.2) is 60.9 Å². The van der Waals surface area contributed by atoms with Gasteiger partial charge in [-0.25, -0.2) is 4.57 Å². The van der Waals surface area contributed by atoms with Gasteiger partial charge in [0.1, 0.15) is 7.05 Å². The molecule has 0 saturated carbocycles. The predicted octanol–water partition coefficient (Wildman–Crippen LogP) is 6.05. The van der Waals surface area contributed by atoms with Crippen LogP contribution in [-0.2, 0) is 11.8 Å². The van der Waals surface area contributed by atoms with Gasteiger partial charge < -0.3 is 19.6 Å². The standard InChI is InChI=1S/C7H8.3C6H13N.C6H8N.C5H9NO/c5*1-7-5-3-2-4-6-7;1-6-4-2-3-5(6)7/h2-6H,1H3;3*2-6H2,1H3;2-6H,1H3;2-4H2,1H3/q;;;;+1;. The summed E-state index contributed by atoms with van der Waals surface area (Å²) < 4.78 is 2.00. The van der Waals surface area contributed by atoms with Crippen LogP contribution in [0.25, 0.3) is 0 Å². The summed E-state index contributed by atoms with van der Waals surface area (Å²) >= 11 is 0. The second-order valence-corrected chi connectivity index (χ2v) is 12.2. The molecule has 0 unspecified atom stereocenters. The summed E-state index contributed by atoms with van der Waals surface area (Å²) in [5.41, 5.74) is 1.32. The number of rotatable bonds is 0. The third kappa shape index (κ3) is 22.3. The molecule has 0 atom stereocenters. The molecule has 0 N–H and O–H groups in total. The smallest absolute Gasteiger partial charge is 0.222 e. The van der Waals surface area contributed by atoms with Gasteiger partial charge in [0.2, 0.25) is 5.91 Å². The molecule has 6 heteroatoms. The van der Waals surface area contributed by atoms with Crippen LogP contribution in [0.1, 0.15) is 76.2 Å². The molecule has 238 valence electrons. The Hall–Kier alpha value is -2.28. The van der Waals surface area contributed by atoms with Crippen LogP contribution < -0.4 is 4.57 Å². The minimum Gasteiger partial charge on any atom is -0.346 e. The molecule has 4 aliphatic heterocycles. The third-order valence-electron chi connectivity index (χ3n) is 7.85. The number of carbonyl (C=O) groups excluding carboxylic acids is 1. The monoisotopic (exact) mass is 583 g/mol. The topological polar surface area (TPSA) is 33.9 Å². The highest BCUT2D eigenvalue weighted by Crippen LogP contribution is 2.06. The Morgan fingerprint density at radius 2 is 0.905 bits per heavy atom. The van der Waals surface area contributed by atoms with E-state index in [0.717, 1.165) is 19.4 Å². The van der Waals surface area contributed by atoms with E-state index in [1.807, 2.05) is 67.5 Å². The Morgan fingerprint density at radius 1 is 0.524 bits per heavy atom. The second-order valence-electron chi connectivity index (χ2n) is 12.2. The predicted molar refractivity (Wildman–Crippen MR) is 180 cm³/mol. The van der Waals surface area contributed by atoms with Crippen LogP contribution in [0.5, 0.6) is 0 Å². The lowest BCUT2D eigenvalue weighted by Crippen LogP contribution is -2.25. The molecule has 5 heterocycles. The number of piperidine rings is 3. The molecule has 1 amide bonds. The Kier molecular flexibility index (Phi) is 22.7. The first-order valence-electron chi connectivity index (χ1n) is 16.5. The van der Waals surface area contributed by atoms with E-state index in [2.05, 4.69) is 54.9 Å². The van der Waals surface area contributed by atoms with E-state index in [1.165, 1.54) is 103 Å². The molecule has 42 heavy (non-hydrogen) atoms. The number of carbonyl (C=O) groups is 1. The zero-order valence-electron chi connectivity index (χ0n) is 28.1. The Bertz CT molecular complexity index is 785. The molecule has 1 aromatic carbocycles. The summed E-state index contributed by atoms with van der Waals surface area (Å²) in [7, 11) is 10.4. The van der Waals surface area contributed by atoms with E-state index >= 15 is 0 Å². The molecule has 0 aliphatic carbocycles. The number of hydrogen-bond acceptors (Lipinski definition) is 4. The second kappa shape index (κ2) is 25.2. The highest BCUT2D eigenvalue weighted by molar-refractivity contribution is 5.77. The summed E-state index contributed by atoms with van der Waals surface area (Å²) in [5, 5.41) is 0. The normalized spacial score (nSPS) is 19.1. The van der Waals surface area contributed by atoms with E-state index in [9.17, 15) is 4.79 Å². The zero-order valence-corrected chi connectivity index (χ0v) is 28.1. The van der Waals surface area contributed by atoms with Gasteiger partial charge >= 0.3 is 0 Å². The maximum atomic E-state index is 10.5. The minimum atomic E-state index is 0.292. The van der Waals surface area contributed by atoms with Crippen LogP contribution in [0.2, 0.25) is 0 Å². The van der Waals surface area contributed by atoms with E-state index in [-0.39, 0.29) is 0 Å². The van der Waals surface area contributed by atoms with E-state index < -0.39 is 0 Å². The lowest BCUT2D eigenvalue weighted by molar-refractivity contribution is -0.671. The molecular weight excluding hydrogens is 518 g/mol. The first kappa shape index (κ1) is 37.7. The van der Waals surface area contributed by atoms with Gasteiger partial charge in [0.25, 0.3) is 0 Å². The van der Waals surface area contributed by atoms with Crippen molar-refractivity contribution in [1.29, 1.82) is 0 Å². The van der Waals surface area contributed by atoms with Crippen LogP contribution in [0, 0.1) is 6.92 Å². The van der Waals surface area contributed by atoms with E-state index in [0.29, 0.717) is 5.91 Å². The lowest BCUT2D eigenvalue weighted by Gasteiger charge is -2.20. The van der Waals surface area contributed by atoms with Gasteiger partial charge in [0.15, 0.2) is 12.4 Å². The number of benzene rings is 1. The van der Waals surface area contributed by atoms with Crippen LogP contribution >= 0.6 is 0 Å². The average molecular weight is 583 g/mol. The molecule has 4 saturated heterocycles. The average Bonchev–Trinajstić information content (AvgIpc) is 3.38. The number of aryl methyl sites for hydroxylation is 2. The molecule has 0 radical (unpaired) electrons. The van der Waals surface area contributed by atoms with Crippen molar-refractivity contribution >= 4 is 5.91 Å². The molecule has 0 bridgehead atoms. The van der Waals surface area contributed by atoms with Crippen LogP contribution in [0.3, 0.4) is 0 Å². The minimum absolute atomic E-state index is 0.292. The fraction of sp³-hybridized carbons (Fsp3) is 0.667. The van der Waals surface area contributed by atoms with Crippen molar-refractivity contribution in [3.8, 4) is 0 Å². The van der Waals surface area contributed by atoms with E-state index in [4.69, 9.17) is 0 Å². The first-order chi connectivity index (χ1) is 20.3. The number of nitrogens with zero attached hydrogens (tertiary/aromatic N) is 5. The summed E-state index contributed by atoms with van der Waals surface area (Å²) in [6.07, 6.45) is 18.6. The molecule has 6 nitrogen and oxygen atoms in total. The molecule has 0 spiro atoms. The maximum absolute atomic E-state index is 10.5. The van der Waals surface area contributed by atoms with E-state index in [1.54, 1.807) is 4.90 Å². The molecule has 1 aromatic heterocycles. The van der Waals surface area contributed by atoms with Crippen molar-refractivity contribution in [1.82, 2.24) is 19.6 Å². The lowest BCUT2D eigenvalue weighted by atomic mass is 10.1. The summed E-state index contributed by atoms with van der Waals surface area (Å²) in [6.45, 7) is 11.0. The van der Waals surface area contributed by atoms with Gasteiger partial charge in [-0.1, -0.05) is 61.2 Å². The third-order valence-corrected chi connectivity index (χ3v) is 7.85. The largest absolute Gasteiger partial charge is 0.346 e. The van der Waals surface area contributed by atoms with Gasteiger partial charge in [-0.15, -0.1) is 0 Å². The van der Waals surface area contributed by atoms with Gasteiger partial charge in [-0.2, -0.15) is 0 Å². The number of hydrogen-bond donors (Lipinski definition) is 0. The number of aromatic nitrogens is 1. The van der Waals surface area contributed by atoms with Crippen molar-refractivity contribution in [3.05, 3.63) is 66.5 Å². The van der Waals surface area contributed by atoms with Gasteiger partial charge in [0, 0.05) is 32.1 Å². The van der Waals surface area contributed by atoms with Crippen molar-refractivity contribution < 1.29 is 9.36 Å². The number of amides is 1. The number of likely N-dealkylation sites (tertiary alicyclic amines) is 4. The first-order valence-corrected chi connectivity index (χ1v) is 16.5. The highest BCUT2D eigenvalue weighted by atomic mass is 16.2. The molecule has 4 aliphatic rings. The Labute approximate surface area is 259 Å². The summed E-state index contributed by atoms with van der Waals surface area (Å²) in [6, 6.07) is 16.3. The zero-order chi connectivity index (χ0) is 30.8. The molecular formula is C36H64N5O+. The Balaban J connectivity index is 0.000000252. The highest BCUT2D eigenvalue weighted by Gasteiger charge is 2.14. The number of pyridine rings is 1. The molecule has 2 aromatic rings. The van der Waals surface area contributed by atoms with Crippen molar-refractivity contribution in [2.24, 2.45) is 7.05 Å². The molecule has 6 rings (SSSR count). The maximum Gasteiger partial charge on any atom is 0.222 e. The van der Waals surface area contributed by atoms with Gasteiger partial charge in [-0.3, -0.25) is 4.79 Å². The van der Waals surface area contributed by atoms with Crippen molar-refractivity contribution in [2.75, 3.05) is 74.0 Å². The summed E-state index contributed by atoms with van der Waals surface area (Å²) in [5.74, 6) is 0.292. The molecule has 4 fully saturated rings.